The fourth-order valence-electron chi connectivity index (χ4n) is 1.94. The lowest BCUT2D eigenvalue weighted by molar-refractivity contribution is -0.117. The highest BCUT2D eigenvalue weighted by molar-refractivity contribution is 9.10. The minimum atomic E-state index is -0.447. The molecule has 0 saturated heterocycles. The molecule has 2 N–H and O–H groups in total. The summed E-state index contributed by atoms with van der Waals surface area (Å²) in [6.07, 6.45) is 4.68. The number of rotatable bonds is 4. The van der Waals surface area contributed by atoms with Gasteiger partial charge >= 0.3 is 0 Å². The van der Waals surface area contributed by atoms with E-state index in [1.165, 1.54) is 6.08 Å². The van der Waals surface area contributed by atoms with Crippen molar-refractivity contribution < 1.29 is 14.3 Å². The van der Waals surface area contributed by atoms with E-state index in [0.717, 1.165) is 10.0 Å². The maximum atomic E-state index is 11.9. The first kappa shape index (κ1) is 16.8. The van der Waals surface area contributed by atoms with Crippen molar-refractivity contribution >= 4 is 33.8 Å². The Kier molecular flexibility index (Phi) is 5.59. The zero-order valence-corrected chi connectivity index (χ0v) is 14.3. The van der Waals surface area contributed by atoms with Crippen molar-refractivity contribution in [3.05, 3.63) is 58.3 Å². The van der Waals surface area contributed by atoms with Crippen molar-refractivity contribution in [3.8, 4) is 5.75 Å². The van der Waals surface area contributed by atoms with Crippen molar-refractivity contribution in [2.24, 2.45) is 7.05 Å². The first-order chi connectivity index (χ1) is 11.0. The Morgan fingerprint density at radius 2 is 2.00 bits per heavy atom. The maximum Gasteiger partial charge on any atom is 0.286 e. The summed E-state index contributed by atoms with van der Waals surface area (Å²) in [6, 6.07) is 8.96. The first-order valence-electron chi connectivity index (χ1n) is 6.74. The van der Waals surface area contributed by atoms with Crippen molar-refractivity contribution in [2.45, 2.75) is 0 Å². The normalized spacial score (nSPS) is 10.6. The fraction of sp³-hybridized carbons (Fsp3) is 0.125. The van der Waals surface area contributed by atoms with Gasteiger partial charge in [-0.2, -0.15) is 0 Å². The van der Waals surface area contributed by atoms with E-state index in [1.54, 1.807) is 43.1 Å². The molecule has 0 aliphatic carbocycles. The Balaban J connectivity index is 1.93. The van der Waals surface area contributed by atoms with E-state index in [2.05, 4.69) is 26.8 Å². The van der Waals surface area contributed by atoms with Crippen molar-refractivity contribution in [1.82, 2.24) is 15.4 Å². The van der Waals surface area contributed by atoms with E-state index in [9.17, 15) is 9.59 Å². The Labute approximate surface area is 142 Å². The van der Waals surface area contributed by atoms with Gasteiger partial charge in [0.1, 0.15) is 11.4 Å². The van der Waals surface area contributed by atoms with Crippen LogP contribution in [0.15, 0.2) is 47.1 Å². The summed E-state index contributed by atoms with van der Waals surface area (Å²) in [5.74, 6) is -0.191. The molecule has 0 spiro atoms. The van der Waals surface area contributed by atoms with Gasteiger partial charge < -0.3 is 9.30 Å². The van der Waals surface area contributed by atoms with Gasteiger partial charge in [-0.3, -0.25) is 20.4 Å². The van der Waals surface area contributed by atoms with Gasteiger partial charge in [-0.1, -0.05) is 18.2 Å². The topological polar surface area (TPSA) is 72.4 Å². The molecule has 0 fully saturated rings. The molecule has 2 amide bonds. The van der Waals surface area contributed by atoms with Crippen LogP contribution in [0.3, 0.4) is 0 Å². The molecule has 0 aliphatic rings. The van der Waals surface area contributed by atoms with Crippen molar-refractivity contribution in [2.75, 3.05) is 7.11 Å². The van der Waals surface area contributed by atoms with Gasteiger partial charge in [0, 0.05) is 29.4 Å². The van der Waals surface area contributed by atoms with Gasteiger partial charge in [-0.15, -0.1) is 0 Å². The second-order valence-corrected chi connectivity index (χ2v) is 5.59. The number of hydrogen-bond donors (Lipinski definition) is 2. The Morgan fingerprint density at radius 3 is 2.65 bits per heavy atom. The van der Waals surface area contributed by atoms with Crippen LogP contribution in [0.25, 0.3) is 6.08 Å². The number of aromatic nitrogens is 1. The summed E-state index contributed by atoms with van der Waals surface area (Å²) in [4.78, 5) is 23.7. The molecule has 1 aromatic heterocycles. The van der Waals surface area contributed by atoms with Crippen LogP contribution in [-0.2, 0) is 11.8 Å². The third-order valence-electron chi connectivity index (χ3n) is 3.06. The van der Waals surface area contributed by atoms with Gasteiger partial charge in [-0.25, -0.2) is 0 Å². The molecule has 120 valence electrons. The van der Waals surface area contributed by atoms with Gasteiger partial charge in [0.15, 0.2) is 0 Å². The lowest BCUT2D eigenvalue weighted by atomic mass is 10.2. The lowest BCUT2D eigenvalue weighted by Gasteiger charge is -2.06. The number of para-hydroxylation sites is 1. The standard InChI is InChI=1S/C16H16BrN3O3/c1-20-10-12(17)9-13(20)16(22)19-18-15(21)8-7-11-5-3-4-6-14(11)23-2/h3-10H,1-2H3,(H,18,21)(H,19,22)/b8-7+. The summed E-state index contributed by atoms with van der Waals surface area (Å²) >= 11 is 3.28. The highest BCUT2D eigenvalue weighted by Crippen LogP contribution is 2.18. The van der Waals surface area contributed by atoms with Crippen LogP contribution in [0.2, 0.25) is 0 Å². The van der Waals surface area contributed by atoms with E-state index in [0.29, 0.717) is 11.4 Å². The summed E-state index contributed by atoms with van der Waals surface area (Å²) in [5, 5.41) is 0. The van der Waals surface area contributed by atoms with Crippen LogP contribution >= 0.6 is 15.9 Å². The Hall–Kier alpha value is -2.54. The lowest BCUT2D eigenvalue weighted by Crippen LogP contribution is -2.41. The number of carbonyl (C=O) groups excluding carboxylic acids is 2. The molecule has 1 heterocycles. The van der Waals surface area contributed by atoms with Crippen LogP contribution in [0.4, 0.5) is 0 Å². The van der Waals surface area contributed by atoms with Gasteiger partial charge in [0.05, 0.1) is 7.11 Å². The van der Waals surface area contributed by atoms with Crippen LogP contribution in [0, 0.1) is 0 Å². The number of nitrogens with zero attached hydrogens (tertiary/aromatic N) is 1. The quantitative estimate of drug-likeness (QED) is 0.634. The molecule has 0 aliphatic heterocycles. The molecule has 0 saturated carbocycles. The summed E-state index contributed by atoms with van der Waals surface area (Å²) in [7, 11) is 3.30. The number of hydrogen-bond acceptors (Lipinski definition) is 3. The second-order valence-electron chi connectivity index (χ2n) is 4.67. The smallest absolute Gasteiger partial charge is 0.286 e. The molecule has 0 radical (unpaired) electrons. The number of carbonyl (C=O) groups is 2. The molecular weight excluding hydrogens is 362 g/mol. The van der Waals surface area contributed by atoms with E-state index in [-0.39, 0.29) is 0 Å². The molecular formula is C16H16BrN3O3. The van der Waals surface area contributed by atoms with E-state index < -0.39 is 11.8 Å². The number of nitrogens with one attached hydrogen (secondary N) is 2. The summed E-state index contributed by atoms with van der Waals surface area (Å²) in [5.41, 5.74) is 5.87. The largest absolute Gasteiger partial charge is 0.496 e. The van der Waals surface area contributed by atoms with Crippen molar-refractivity contribution in [1.29, 1.82) is 0 Å². The maximum absolute atomic E-state index is 11.9. The van der Waals surface area contributed by atoms with Gasteiger partial charge in [0.25, 0.3) is 11.8 Å². The number of halogens is 1. The molecule has 2 rings (SSSR count). The van der Waals surface area contributed by atoms with Gasteiger partial charge in [0.2, 0.25) is 0 Å². The number of hydrazine groups is 1. The molecule has 0 bridgehead atoms. The highest BCUT2D eigenvalue weighted by atomic mass is 79.9. The second kappa shape index (κ2) is 7.64. The third kappa shape index (κ3) is 4.46. The number of methoxy groups -OCH3 is 1. The third-order valence-corrected chi connectivity index (χ3v) is 3.49. The average molecular weight is 378 g/mol. The van der Waals surface area contributed by atoms with Gasteiger partial charge in [-0.05, 0) is 34.1 Å². The number of aryl methyl sites for hydroxylation is 1. The molecule has 7 heteroatoms. The SMILES string of the molecule is COc1ccccc1/C=C/C(=O)NNC(=O)c1cc(Br)cn1C. The van der Waals surface area contributed by atoms with Crippen LogP contribution in [0.1, 0.15) is 16.1 Å². The first-order valence-corrected chi connectivity index (χ1v) is 7.54. The summed E-state index contributed by atoms with van der Waals surface area (Å²) < 4.78 is 7.62. The fourth-order valence-corrected chi connectivity index (χ4v) is 2.47. The minimum Gasteiger partial charge on any atom is -0.496 e. The predicted octanol–water partition coefficient (Wildman–Crippen LogP) is 2.27. The zero-order chi connectivity index (χ0) is 16.8. The van der Waals surface area contributed by atoms with Crippen LogP contribution in [0.5, 0.6) is 5.75 Å². The number of amides is 2. The molecule has 1 aromatic carbocycles. The van der Waals surface area contributed by atoms with Crippen LogP contribution in [-0.4, -0.2) is 23.5 Å². The highest BCUT2D eigenvalue weighted by Gasteiger charge is 2.11. The van der Waals surface area contributed by atoms with Crippen molar-refractivity contribution in [3.63, 3.8) is 0 Å². The average Bonchev–Trinajstić information content (AvgIpc) is 2.89. The zero-order valence-electron chi connectivity index (χ0n) is 12.7. The van der Waals surface area contributed by atoms with E-state index >= 15 is 0 Å². The monoisotopic (exact) mass is 377 g/mol. The molecule has 23 heavy (non-hydrogen) atoms. The number of benzene rings is 1. The Bertz CT molecular complexity index is 753. The molecule has 0 atom stereocenters. The molecule has 6 nitrogen and oxygen atoms in total. The van der Waals surface area contributed by atoms with E-state index in [4.69, 9.17) is 4.74 Å². The minimum absolute atomic E-state index is 0.405. The molecule has 2 aromatic rings. The Morgan fingerprint density at radius 1 is 1.26 bits per heavy atom. The number of ether oxygens (including phenoxy) is 1. The predicted molar refractivity (Wildman–Crippen MR) is 90.7 cm³/mol. The molecule has 0 unspecified atom stereocenters. The van der Waals surface area contributed by atoms with E-state index in [1.807, 2.05) is 18.2 Å². The summed E-state index contributed by atoms with van der Waals surface area (Å²) in [6.45, 7) is 0. The van der Waals surface area contributed by atoms with Crippen LogP contribution < -0.4 is 15.6 Å².